The van der Waals surface area contributed by atoms with Crippen LogP contribution in [0.4, 0.5) is 0 Å². The molecule has 1 N–H and O–H groups in total. The Morgan fingerprint density at radius 3 is 2.60 bits per heavy atom. The molecule has 0 aliphatic carbocycles. The Morgan fingerprint density at radius 2 is 2.00 bits per heavy atom. The number of guanidine groups is 1. The third-order valence-corrected chi connectivity index (χ3v) is 3.66. The molecule has 25 heavy (non-hydrogen) atoms. The van der Waals surface area contributed by atoms with Crippen LogP contribution in [0.2, 0.25) is 0 Å². The first-order valence-corrected chi connectivity index (χ1v) is 8.37. The number of rotatable bonds is 8. The van der Waals surface area contributed by atoms with Gasteiger partial charge >= 0.3 is 0 Å². The smallest absolute Gasteiger partial charge is 0.193 e. The molecular formula is C19H28IN3O2. The number of ether oxygens (including phenoxy) is 1. The fourth-order valence-corrected chi connectivity index (χ4v) is 2.36. The lowest BCUT2D eigenvalue weighted by molar-refractivity contribution is 0.414. The fraction of sp³-hybridized carbons (Fsp3) is 0.421. The van der Waals surface area contributed by atoms with Crippen molar-refractivity contribution in [1.82, 2.24) is 10.2 Å². The second kappa shape index (κ2) is 11.8. The molecule has 0 bridgehead atoms. The molecule has 0 unspecified atom stereocenters. The minimum atomic E-state index is 0. The van der Waals surface area contributed by atoms with E-state index in [4.69, 9.17) is 9.15 Å². The van der Waals surface area contributed by atoms with Gasteiger partial charge in [-0.05, 0) is 36.2 Å². The largest absolute Gasteiger partial charge is 0.497 e. The zero-order valence-electron chi connectivity index (χ0n) is 15.2. The van der Waals surface area contributed by atoms with Crippen LogP contribution >= 0.6 is 24.0 Å². The average molecular weight is 457 g/mol. The van der Waals surface area contributed by atoms with Crippen molar-refractivity contribution in [1.29, 1.82) is 0 Å². The van der Waals surface area contributed by atoms with Gasteiger partial charge < -0.3 is 19.4 Å². The molecule has 138 valence electrons. The summed E-state index contributed by atoms with van der Waals surface area (Å²) < 4.78 is 10.6. The van der Waals surface area contributed by atoms with E-state index in [0.717, 1.165) is 49.9 Å². The molecule has 1 heterocycles. The lowest BCUT2D eigenvalue weighted by atomic mass is 10.2. The summed E-state index contributed by atoms with van der Waals surface area (Å²) in [6.07, 6.45) is 3.57. The molecule has 2 aromatic rings. The third kappa shape index (κ3) is 7.37. The van der Waals surface area contributed by atoms with Crippen LogP contribution in [0.25, 0.3) is 0 Å². The number of furan rings is 1. The summed E-state index contributed by atoms with van der Waals surface area (Å²) in [5.74, 6) is 2.77. The van der Waals surface area contributed by atoms with Gasteiger partial charge in [0.25, 0.3) is 0 Å². The highest BCUT2D eigenvalue weighted by molar-refractivity contribution is 14.0. The molecular weight excluding hydrogens is 429 g/mol. The van der Waals surface area contributed by atoms with Crippen LogP contribution in [0.3, 0.4) is 0 Å². The molecule has 0 aliphatic rings. The molecule has 0 radical (unpaired) electrons. The number of nitrogens with zero attached hydrogens (tertiary/aromatic N) is 2. The van der Waals surface area contributed by atoms with Crippen LogP contribution in [-0.2, 0) is 13.0 Å². The van der Waals surface area contributed by atoms with Crippen LogP contribution in [-0.4, -0.2) is 38.1 Å². The predicted octanol–water partition coefficient (Wildman–Crippen LogP) is 3.94. The first-order valence-electron chi connectivity index (χ1n) is 8.37. The minimum Gasteiger partial charge on any atom is -0.497 e. The van der Waals surface area contributed by atoms with E-state index in [2.05, 4.69) is 41.3 Å². The molecule has 1 aromatic heterocycles. The Kier molecular flexibility index (Phi) is 10.1. The van der Waals surface area contributed by atoms with Crippen LogP contribution < -0.4 is 10.1 Å². The fourth-order valence-electron chi connectivity index (χ4n) is 2.36. The molecule has 2 rings (SSSR count). The monoisotopic (exact) mass is 457 g/mol. The van der Waals surface area contributed by atoms with Crippen molar-refractivity contribution in [3.8, 4) is 5.75 Å². The second-order valence-corrected chi connectivity index (χ2v) is 5.67. The van der Waals surface area contributed by atoms with Crippen molar-refractivity contribution < 1.29 is 9.15 Å². The molecule has 0 saturated heterocycles. The Morgan fingerprint density at radius 1 is 1.24 bits per heavy atom. The van der Waals surface area contributed by atoms with E-state index in [-0.39, 0.29) is 24.0 Å². The molecule has 0 saturated carbocycles. The van der Waals surface area contributed by atoms with E-state index in [1.807, 2.05) is 24.3 Å². The van der Waals surface area contributed by atoms with Crippen molar-refractivity contribution in [3.63, 3.8) is 0 Å². The summed E-state index contributed by atoms with van der Waals surface area (Å²) in [6.45, 7) is 4.53. The highest BCUT2D eigenvalue weighted by atomic mass is 127. The van der Waals surface area contributed by atoms with Gasteiger partial charge in [-0.15, -0.1) is 24.0 Å². The quantitative estimate of drug-likeness (QED) is 0.371. The van der Waals surface area contributed by atoms with Gasteiger partial charge in [-0.25, -0.2) is 0 Å². The van der Waals surface area contributed by atoms with Crippen LogP contribution in [0.5, 0.6) is 5.75 Å². The van der Waals surface area contributed by atoms with E-state index >= 15 is 0 Å². The summed E-state index contributed by atoms with van der Waals surface area (Å²) in [7, 11) is 3.73. The first kappa shape index (κ1) is 21.3. The normalized spacial score (nSPS) is 10.9. The van der Waals surface area contributed by atoms with Crippen molar-refractivity contribution in [2.45, 2.75) is 26.3 Å². The SMILES string of the molecule is CCCN=C(NCCc1ccco1)N(C)Cc1ccc(OC)cc1.I. The van der Waals surface area contributed by atoms with E-state index in [1.165, 1.54) is 5.56 Å². The molecule has 0 amide bonds. The van der Waals surface area contributed by atoms with Crippen LogP contribution in [0, 0.1) is 0 Å². The predicted molar refractivity (Wildman–Crippen MR) is 113 cm³/mol. The summed E-state index contributed by atoms with van der Waals surface area (Å²) in [4.78, 5) is 6.81. The number of methoxy groups -OCH3 is 1. The Hall–Kier alpha value is -1.70. The van der Waals surface area contributed by atoms with Gasteiger partial charge in [0.15, 0.2) is 5.96 Å². The Bertz CT molecular complexity index is 612. The standard InChI is InChI=1S/C19H27N3O2.HI/c1-4-12-20-19(21-13-11-18-6-5-14-24-18)22(2)15-16-7-9-17(23-3)10-8-16;/h5-10,14H,4,11-13,15H2,1-3H3,(H,20,21);1H. The topological polar surface area (TPSA) is 50.0 Å². The van der Waals surface area contributed by atoms with Crippen molar-refractivity contribution >= 4 is 29.9 Å². The van der Waals surface area contributed by atoms with E-state index in [9.17, 15) is 0 Å². The molecule has 5 nitrogen and oxygen atoms in total. The van der Waals surface area contributed by atoms with Crippen molar-refractivity contribution in [2.75, 3.05) is 27.2 Å². The average Bonchev–Trinajstić information content (AvgIpc) is 3.12. The number of hydrogen-bond acceptors (Lipinski definition) is 3. The lowest BCUT2D eigenvalue weighted by Gasteiger charge is -2.22. The first-order chi connectivity index (χ1) is 11.7. The van der Waals surface area contributed by atoms with Crippen molar-refractivity contribution in [3.05, 3.63) is 54.0 Å². The van der Waals surface area contributed by atoms with Gasteiger partial charge in [0.2, 0.25) is 0 Å². The molecule has 1 aromatic carbocycles. The molecule has 0 atom stereocenters. The molecule has 0 aliphatic heterocycles. The van der Waals surface area contributed by atoms with Gasteiger partial charge in [-0.2, -0.15) is 0 Å². The number of nitrogens with one attached hydrogen (secondary N) is 1. The highest BCUT2D eigenvalue weighted by Gasteiger charge is 2.07. The van der Waals surface area contributed by atoms with E-state index in [0.29, 0.717) is 0 Å². The third-order valence-electron chi connectivity index (χ3n) is 3.66. The maximum Gasteiger partial charge on any atom is 0.193 e. The van der Waals surface area contributed by atoms with Gasteiger partial charge in [-0.1, -0.05) is 19.1 Å². The van der Waals surface area contributed by atoms with Gasteiger partial charge in [0, 0.05) is 33.1 Å². The number of hydrogen-bond donors (Lipinski definition) is 1. The van der Waals surface area contributed by atoms with E-state index in [1.54, 1.807) is 13.4 Å². The zero-order valence-corrected chi connectivity index (χ0v) is 17.5. The highest BCUT2D eigenvalue weighted by Crippen LogP contribution is 2.12. The number of benzene rings is 1. The zero-order chi connectivity index (χ0) is 17.2. The minimum absolute atomic E-state index is 0. The van der Waals surface area contributed by atoms with Gasteiger partial charge in [-0.3, -0.25) is 4.99 Å². The number of halogens is 1. The van der Waals surface area contributed by atoms with Crippen LogP contribution in [0.15, 0.2) is 52.1 Å². The lowest BCUT2D eigenvalue weighted by Crippen LogP contribution is -2.39. The summed E-state index contributed by atoms with van der Waals surface area (Å²) in [5.41, 5.74) is 1.22. The maximum absolute atomic E-state index is 5.37. The molecule has 0 spiro atoms. The summed E-state index contributed by atoms with van der Waals surface area (Å²) in [6, 6.07) is 12.0. The Balaban J connectivity index is 0.00000312. The summed E-state index contributed by atoms with van der Waals surface area (Å²) >= 11 is 0. The van der Waals surface area contributed by atoms with Gasteiger partial charge in [0.1, 0.15) is 11.5 Å². The molecule has 6 heteroatoms. The molecule has 0 fully saturated rings. The van der Waals surface area contributed by atoms with E-state index < -0.39 is 0 Å². The van der Waals surface area contributed by atoms with Crippen molar-refractivity contribution in [2.24, 2.45) is 4.99 Å². The van der Waals surface area contributed by atoms with Gasteiger partial charge in [0.05, 0.1) is 13.4 Å². The maximum atomic E-state index is 5.37. The second-order valence-electron chi connectivity index (χ2n) is 5.67. The van der Waals surface area contributed by atoms with Crippen LogP contribution in [0.1, 0.15) is 24.7 Å². The summed E-state index contributed by atoms with van der Waals surface area (Å²) in [5, 5.41) is 3.43. The number of aliphatic imine (C=N–C) groups is 1. The Labute approximate surface area is 167 Å².